The summed E-state index contributed by atoms with van der Waals surface area (Å²) < 4.78 is 33.1. The molecule has 126 valence electrons. The Morgan fingerprint density at radius 2 is 2.00 bits per heavy atom. The summed E-state index contributed by atoms with van der Waals surface area (Å²) >= 11 is 0. The minimum Gasteiger partial charge on any atom is -0.593 e. The molecule has 1 aliphatic rings. The van der Waals surface area contributed by atoms with Crippen molar-refractivity contribution in [2.75, 3.05) is 13.1 Å². The molecular weight excluding hydrogens is 322 g/mol. The number of hydrogen-bond acceptors (Lipinski definition) is 6. The lowest BCUT2D eigenvalue weighted by molar-refractivity contribution is 0.286. The second-order valence-electron chi connectivity index (χ2n) is 5.77. The van der Waals surface area contributed by atoms with Crippen LogP contribution in [0.3, 0.4) is 0 Å². The van der Waals surface area contributed by atoms with Gasteiger partial charge < -0.3 is 9.08 Å². The minimum atomic E-state index is -3.61. The number of nitrogens with one attached hydrogen (secondary N) is 1. The second kappa shape index (κ2) is 5.69. The molecule has 0 saturated carbocycles. The highest BCUT2D eigenvalue weighted by Crippen LogP contribution is 2.33. The average molecular weight is 341 g/mol. The van der Waals surface area contributed by atoms with E-state index in [-0.39, 0.29) is 16.5 Å². The van der Waals surface area contributed by atoms with Gasteiger partial charge in [0.1, 0.15) is 11.5 Å². The molecule has 0 bridgehead atoms. The van der Waals surface area contributed by atoms with Gasteiger partial charge in [-0.2, -0.15) is 5.10 Å². The van der Waals surface area contributed by atoms with Gasteiger partial charge in [0.15, 0.2) is 16.2 Å². The first-order chi connectivity index (χ1) is 10.8. The first kappa shape index (κ1) is 16.1. The first-order valence-corrected chi connectivity index (χ1v) is 8.81. The maximum absolute atomic E-state index is 12.7. The number of aryl methyl sites for hydroxylation is 3. The highest BCUT2D eigenvalue weighted by molar-refractivity contribution is 7.95. The maximum atomic E-state index is 12.7. The van der Waals surface area contributed by atoms with E-state index < -0.39 is 10.4 Å². The Balaban J connectivity index is 1.76. The second-order valence-corrected chi connectivity index (χ2v) is 7.65. The molecule has 0 aliphatic carbocycles. The third-order valence-corrected chi connectivity index (χ3v) is 6.34. The van der Waals surface area contributed by atoms with Gasteiger partial charge in [0.05, 0.1) is 0 Å². The fourth-order valence-corrected chi connectivity index (χ4v) is 4.71. The van der Waals surface area contributed by atoms with Crippen molar-refractivity contribution in [1.82, 2.24) is 24.2 Å². The molecule has 1 saturated heterocycles. The molecule has 1 unspecified atom stereocenters. The van der Waals surface area contributed by atoms with Crippen LogP contribution in [0.2, 0.25) is 0 Å². The van der Waals surface area contributed by atoms with Crippen LogP contribution in [0.4, 0.5) is 0 Å². The average Bonchev–Trinajstić information content (AvgIpc) is 3.02. The molecule has 23 heavy (non-hydrogen) atoms. The van der Waals surface area contributed by atoms with Gasteiger partial charge in [-0.15, -0.1) is 4.31 Å². The van der Waals surface area contributed by atoms with Crippen LogP contribution in [0, 0.1) is 13.8 Å². The zero-order chi connectivity index (χ0) is 16.8. The number of rotatable bonds is 3. The standard InChI is InChI=1S/C13H19N5O4S/c1-8-11(9(2)22-16-8)23(20,21)18-6-4-10(5-7-18)12-14-13(19)17(3)15-12/h10H,4-7H2,1-3H3,(H-,14,15,19,20,21). The van der Waals surface area contributed by atoms with E-state index in [0.717, 1.165) is 0 Å². The molecule has 1 aliphatic heterocycles. The lowest BCUT2D eigenvalue weighted by atomic mass is 9.98. The third-order valence-electron chi connectivity index (χ3n) is 4.19. The van der Waals surface area contributed by atoms with Crippen LogP contribution < -0.4 is 5.69 Å². The van der Waals surface area contributed by atoms with Crippen molar-refractivity contribution in [3.8, 4) is 0 Å². The number of sulfonamides is 1. The van der Waals surface area contributed by atoms with E-state index in [4.69, 9.17) is 4.52 Å². The summed E-state index contributed by atoms with van der Waals surface area (Å²) in [6.07, 6.45) is 1.21. The summed E-state index contributed by atoms with van der Waals surface area (Å²) in [5.41, 5.74) is 0.115. The van der Waals surface area contributed by atoms with Gasteiger partial charge in [0.25, 0.3) is 0 Å². The normalized spacial score (nSPS) is 19.8. The Morgan fingerprint density at radius 3 is 2.48 bits per heavy atom. The van der Waals surface area contributed by atoms with E-state index in [9.17, 15) is 13.6 Å². The largest absolute Gasteiger partial charge is 0.593 e. The number of piperidine rings is 1. The molecule has 0 spiro atoms. The van der Waals surface area contributed by atoms with E-state index in [2.05, 4.69) is 15.2 Å². The van der Waals surface area contributed by atoms with Crippen molar-refractivity contribution in [3.05, 3.63) is 27.8 Å². The van der Waals surface area contributed by atoms with Crippen molar-refractivity contribution >= 4 is 10.4 Å². The Hall–Kier alpha value is -1.78. The molecule has 9 nitrogen and oxygen atoms in total. The molecule has 3 heterocycles. The summed E-state index contributed by atoms with van der Waals surface area (Å²) in [5.74, 6) is 0.977. The number of nitrogens with zero attached hydrogens (tertiary/aromatic N) is 4. The summed E-state index contributed by atoms with van der Waals surface area (Å²) in [4.78, 5) is 14.3. The van der Waals surface area contributed by atoms with Crippen LogP contribution >= 0.6 is 0 Å². The summed E-state index contributed by atoms with van der Waals surface area (Å²) in [6, 6.07) is 0. The van der Waals surface area contributed by atoms with E-state index in [1.165, 1.54) is 8.99 Å². The van der Waals surface area contributed by atoms with Gasteiger partial charge in [0, 0.05) is 33.0 Å². The molecule has 1 N–H and O–H groups in total. The number of aromatic nitrogens is 4. The van der Waals surface area contributed by atoms with Crippen molar-refractivity contribution in [3.63, 3.8) is 0 Å². The molecule has 0 amide bonds. The van der Waals surface area contributed by atoms with Gasteiger partial charge in [-0.3, -0.25) is 4.98 Å². The third kappa shape index (κ3) is 2.77. The Bertz CT molecular complexity index is 795. The molecule has 2 aromatic heterocycles. The SMILES string of the molecule is Cc1noc(C)c1[S+](=O)([O-])N1CCC(c2nn(C)c(=O)[nH]2)CC1. The van der Waals surface area contributed by atoms with Gasteiger partial charge in [0.2, 0.25) is 4.90 Å². The Labute approximate surface area is 134 Å². The summed E-state index contributed by atoms with van der Waals surface area (Å²) in [5, 5.41) is 7.87. The number of H-pyrrole nitrogens is 1. The molecule has 10 heteroatoms. The molecule has 1 fully saturated rings. The molecule has 2 aromatic rings. The van der Waals surface area contributed by atoms with Gasteiger partial charge in [-0.1, -0.05) is 9.37 Å². The van der Waals surface area contributed by atoms with E-state index in [1.807, 2.05) is 0 Å². The molecule has 3 rings (SSSR count). The summed E-state index contributed by atoms with van der Waals surface area (Å²) in [7, 11) is -2.03. The number of aromatic amines is 1. The number of hydrogen-bond donors (Lipinski definition) is 1. The van der Waals surface area contributed by atoms with Crippen LogP contribution in [0.15, 0.2) is 14.2 Å². The fraction of sp³-hybridized carbons (Fsp3) is 0.615. The quantitative estimate of drug-likeness (QED) is 0.812. The zero-order valence-corrected chi connectivity index (χ0v) is 14.1. The van der Waals surface area contributed by atoms with Gasteiger partial charge in [-0.25, -0.2) is 9.48 Å². The predicted molar refractivity (Wildman–Crippen MR) is 80.4 cm³/mol. The van der Waals surface area contributed by atoms with E-state index >= 15 is 0 Å². The molecule has 0 aromatic carbocycles. The Morgan fingerprint density at radius 1 is 1.35 bits per heavy atom. The van der Waals surface area contributed by atoms with Crippen LogP contribution in [0.1, 0.15) is 36.0 Å². The van der Waals surface area contributed by atoms with E-state index in [1.54, 1.807) is 20.9 Å². The molecule has 0 radical (unpaired) electrons. The Kier molecular flexibility index (Phi) is 3.98. The van der Waals surface area contributed by atoms with Gasteiger partial charge in [-0.05, 0) is 19.8 Å². The van der Waals surface area contributed by atoms with Crippen LogP contribution in [-0.4, -0.2) is 41.9 Å². The van der Waals surface area contributed by atoms with Crippen LogP contribution in [-0.2, 0) is 21.7 Å². The topological polar surface area (TPSA) is 120 Å². The highest BCUT2D eigenvalue weighted by Gasteiger charge is 2.39. The van der Waals surface area contributed by atoms with Crippen molar-refractivity contribution in [2.24, 2.45) is 7.05 Å². The molecular formula is C13H19N5O4S. The minimum absolute atomic E-state index is 0.0556. The van der Waals surface area contributed by atoms with Crippen LogP contribution in [0.25, 0.3) is 0 Å². The van der Waals surface area contributed by atoms with Gasteiger partial charge >= 0.3 is 5.69 Å². The lowest BCUT2D eigenvalue weighted by Crippen LogP contribution is -2.42. The van der Waals surface area contributed by atoms with Crippen molar-refractivity contribution < 1.29 is 13.3 Å². The summed E-state index contributed by atoms with van der Waals surface area (Å²) in [6.45, 7) is 3.96. The smallest absolute Gasteiger partial charge is 0.343 e. The zero-order valence-electron chi connectivity index (χ0n) is 13.2. The first-order valence-electron chi connectivity index (χ1n) is 7.37. The van der Waals surface area contributed by atoms with Crippen LogP contribution in [0.5, 0.6) is 0 Å². The predicted octanol–water partition coefficient (Wildman–Crippen LogP) is 0.497. The highest BCUT2D eigenvalue weighted by atomic mass is 32.3. The fourth-order valence-electron chi connectivity index (χ4n) is 2.95. The van der Waals surface area contributed by atoms with E-state index in [0.29, 0.717) is 43.2 Å². The maximum Gasteiger partial charge on any atom is 0.343 e. The molecule has 1 atom stereocenters. The van der Waals surface area contributed by atoms with Crippen molar-refractivity contribution in [1.29, 1.82) is 0 Å². The lowest BCUT2D eigenvalue weighted by Gasteiger charge is -2.32. The monoisotopic (exact) mass is 341 g/mol. The van der Waals surface area contributed by atoms with Crippen molar-refractivity contribution in [2.45, 2.75) is 37.5 Å².